The highest BCUT2D eigenvalue weighted by Crippen LogP contribution is 2.04. The van der Waals surface area contributed by atoms with Gasteiger partial charge in [0, 0.05) is 52.4 Å². The number of hydrogen-bond acceptors (Lipinski definition) is 4. The van der Waals surface area contributed by atoms with Crippen LogP contribution in [0.15, 0.2) is 0 Å². The van der Waals surface area contributed by atoms with E-state index >= 15 is 0 Å². The van der Waals surface area contributed by atoms with Crippen molar-refractivity contribution in [2.75, 3.05) is 79.0 Å². The fraction of sp³-hybridized carbons (Fsp3) is 1.00. The molecule has 0 radical (unpaired) electrons. The Morgan fingerprint density at radius 2 is 1.05 bits per heavy atom. The van der Waals surface area contributed by atoms with Crippen LogP contribution < -0.4 is 0 Å². The molecule has 4 nitrogen and oxygen atoms in total. The van der Waals surface area contributed by atoms with Gasteiger partial charge in [-0.05, 0) is 33.1 Å². The number of piperazine rings is 2. The first kappa shape index (κ1) is 17.9. The van der Waals surface area contributed by atoms with Gasteiger partial charge in [0.1, 0.15) is 0 Å². The third-order valence-electron chi connectivity index (χ3n) is 4.46. The van der Waals surface area contributed by atoms with E-state index in [0.29, 0.717) is 0 Å². The van der Waals surface area contributed by atoms with Crippen molar-refractivity contribution in [3.05, 3.63) is 0 Å². The molecule has 2 saturated heterocycles. The summed E-state index contributed by atoms with van der Waals surface area (Å²) >= 11 is 0. The van der Waals surface area contributed by atoms with Crippen molar-refractivity contribution >= 4 is 0 Å². The normalized spacial score (nSPS) is 23.4. The van der Waals surface area contributed by atoms with Crippen LogP contribution in [0.25, 0.3) is 0 Å². The number of hydrogen-bond donors (Lipinski definition) is 0. The van der Waals surface area contributed by atoms with Gasteiger partial charge < -0.3 is 19.6 Å². The van der Waals surface area contributed by atoms with Crippen LogP contribution in [0.4, 0.5) is 0 Å². The lowest BCUT2D eigenvalue weighted by Crippen LogP contribution is -2.47. The van der Waals surface area contributed by atoms with E-state index in [1.54, 1.807) is 0 Å². The molecular formula is C16H36N4. The van der Waals surface area contributed by atoms with E-state index < -0.39 is 0 Å². The highest BCUT2D eigenvalue weighted by atomic mass is 15.3. The lowest BCUT2D eigenvalue weighted by atomic mass is 10.2. The van der Waals surface area contributed by atoms with Crippen LogP contribution in [-0.2, 0) is 0 Å². The summed E-state index contributed by atoms with van der Waals surface area (Å²) in [5.41, 5.74) is 0. The molecule has 0 aliphatic carbocycles. The molecule has 0 aromatic carbocycles. The zero-order valence-electron chi connectivity index (χ0n) is 14.3. The second-order valence-corrected chi connectivity index (χ2v) is 5.77. The van der Waals surface area contributed by atoms with Gasteiger partial charge in [0.2, 0.25) is 0 Å². The van der Waals surface area contributed by atoms with E-state index in [1.165, 1.54) is 78.4 Å². The Kier molecular flexibility index (Phi) is 9.44. The van der Waals surface area contributed by atoms with Crippen molar-refractivity contribution in [2.45, 2.75) is 27.2 Å². The predicted octanol–water partition coefficient (Wildman–Crippen LogP) is 1.29. The van der Waals surface area contributed by atoms with E-state index in [-0.39, 0.29) is 0 Å². The van der Waals surface area contributed by atoms with Gasteiger partial charge in [-0.1, -0.05) is 20.8 Å². The average molecular weight is 284 g/mol. The summed E-state index contributed by atoms with van der Waals surface area (Å²) < 4.78 is 0. The largest absolute Gasteiger partial charge is 0.304 e. The second-order valence-electron chi connectivity index (χ2n) is 5.77. The quantitative estimate of drug-likeness (QED) is 0.754. The molecule has 0 bridgehead atoms. The Morgan fingerprint density at radius 3 is 1.50 bits per heavy atom. The van der Waals surface area contributed by atoms with Gasteiger partial charge in [0.15, 0.2) is 0 Å². The summed E-state index contributed by atoms with van der Waals surface area (Å²) in [5, 5.41) is 0. The van der Waals surface area contributed by atoms with Gasteiger partial charge in [0.05, 0.1) is 0 Å². The minimum absolute atomic E-state index is 1.22. The van der Waals surface area contributed by atoms with Crippen LogP contribution in [0.5, 0.6) is 0 Å². The standard InChI is InChI=1S/C14H30N4.C2H6/c1-3-16-11-13-18(14-12-16)6-4-5-17-9-7-15(2)8-10-17;1-2/h3-14H2,1-2H3;1-2H3. The average Bonchev–Trinajstić information content (AvgIpc) is 2.52. The first-order valence-corrected chi connectivity index (χ1v) is 8.63. The minimum Gasteiger partial charge on any atom is -0.304 e. The first-order chi connectivity index (χ1) is 9.78. The molecule has 0 N–H and O–H groups in total. The Balaban J connectivity index is 0.000000956. The highest BCUT2D eigenvalue weighted by molar-refractivity contribution is 4.73. The van der Waals surface area contributed by atoms with Crippen molar-refractivity contribution < 1.29 is 0 Å². The van der Waals surface area contributed by atoms with Gasteiger partial charge in [-0.2, -0.15) is 0 Å². The Morgan fingerprint density at radius 1 is 0.650 bits per heavy atom. The highest BCUT2D eigenvalue weighted by Gasteiger charge is 2.16. The SMILES string of the molecule is CC.CCN1CCN(CCCN2CCN(C)CC2)CC1. The zero-order chi connectivity index (χ0) is 14.8. The molecule has 0 unspecified atom stereocenters. The number of rotatable bonds is 5. The smallest absolute Gasteiger partial charge is 0.0110 e. The Hall–Kier alpha value is -0.160. The maximum Gasteiger partial charge on any atom is 0.0110 e. The topological polar surface area (TPSA) is 13.0 Å². The van der Waals surface area contributed by atoms with Crippen molar-refractivity contribution in [1.82, 2.24) is 19.6 Å². The Bertz CT molecular complexity index is 219. The van der Waals surface area contributed by atoms with Crippen LogP contribution in [0.2, 0.25) is 0 Å². The molecule has 2 aliphatic rings. The summed E-state index contributed by atoms with van der Waals surface area (Å²) in [6.45, 7) is 20.2. The molecular weight excluding hydrogens is 248 g/mol. The Labute approximate surface area is 126 Å². The van der Waals surface area contributed by atoms with Gasteiger partial charge in [0.25, 0.3) is 0 Å². The summed E-state index contributed by atoms with van der Waals surface area (Å²) in [4.78, 5) is 10.3. The molecule has 20 heavy (non-hydrogen) atoms. The van der Waals surface area contributed by atoms with E-state index in [9.17, 15) is 0 Å². The molecule has 2 fully saturated rings. The van der Waals surface area contributed by atoms with Crippen molar-refractivity contribution in [3.63, 3.8) is 0 Å². The maximum atomic E-state index is 2.64. The number of likely N-dealkylation sites (N-methyl/N-ethyl adjacent to an activating group) is 2. The molecule has 0 atom stereocenters. The van der Waals surface area contributed by atoms with Crippen LogP contribution in [0, 0.1) is 0 Å². The monoisotopic (exact) mass is 284 g/mol. The molecule has 0 spiro atoms. The zero-order valence-corrected chi connectivity index (χ0v) is 14.3. The molecule has 2 heterocycles. The summed E-state index contributed by atoms with van der Waals surface area (Å²) in [7, 11) is 2.23. The van der Waals surface area contributed by atoms with Crippen molar-refractivity contribution in [1.29, 1.82) is 0 Å². The fourth-order valence-corrected chi connectivity index (χ4v) is 2.92. The van der Waals surface area contributed by atoms with Gasteiger partial charge in [-0.25, -0.2) is 0 Å². The predicted molar refractivity (Wildman–Crippen MR) is 88.5 cm³/mol. The molecule has 0 amide bonds. The summed E-state index contributed by atoms with van der Waals surface area (Å²) in [5.74, 6) is 0. The van der Waals surface area contributed by atoms with Crippen LogP contribution in [0.1, 0.15) is 27.2 Å². The van der Waals surface area contributed by atoms with Gasteiger partial charge >= 0.3 is 0 Å². The third kappa shape index (κ3) is 6.53. The molecule has 0 aromatic heterocycles. The van der Waals surface area contributed by atoms with E-state index in [4.69, 9.17) is 0 Å². The molecule has 2 rings (SSSR count). The molecule has 120 valence electrons. The second kappa shape index (κ2) is 10.6. The van der Waals surface area contributed by atoms with Crippen LogP contribution in [0.3, 0.4) is 0 Å². The fourth-order valence-electron chi connectivity index (χ4n) is 2.92. The van der Waals surface area contributed by atoms with Crippen LogP contribution >= 0.6 is 0 Å². The molecule has 4 heteroatoms. The third-order valence-corrected chi connectivity index (χ3v) is 4.46. The van der Waals surface area contributed by atoms with E-state index in [1.807, 2.05) is 13.8 Å². The van der Waals surface area contributed by atoms with E-state index in [0.717, 1.165) is 0 Å². The summed E-state index contributed by atoms with van der Waals surface area (Å²) in [6, 6.07) is 0. The van der Waals surface area contributed by atoms with E-state index in [2.05, 4.69) is 33.6 Å². The molecule has 0 aromatic rings. The van der Waals surface area contributed by atoms with Gasteiger partial charge in [-0.3, -0.25) is 0 Å². The first-order valence-electron chi connectivity index (χ1n) is 8.63. The van der Waals surface area contributed by atoms with Gasteiger partial charge in [-0.15, -0.1) is 0 Å². The lowest BCUT2D eigenvalue weighted by Gasteiger charge is -2.35. The van der Waals surface area contributed by atoms with Crippen molar-refractivity contribution in [2.24, 2.45) is 0 Å². The summed E-state index contributed by atoms with van der Waals surface area (Å²) in [6.07, 6.45) is 1.34. The molecule has 2 aliphatic heterocycles. The number of nitrogens with zero attached hydrogens (tertiary/aromatic N) is 4. The van der Waals surface area contributed by atoms with Crippen LogP contribution in [-0.4, -0.2) is 98.6 Å². The lowest BCUT2D eigenvalue weighted by molar-refractivity contribution is 0.120. The van der Waals surface area contributed by atoms with Crippen molar-refractivity contribution in [3.8, 4) is 0 Å². The minimum atomic E-state index is 1.22. The molecule has 0 saturated carbocycles. The maximum absolute atomic E-state index is 2.64.